The van der Waals surface area contributed by atoms with Crippen LogP contribution in [-0.2, 0) is 0 Å². The first-order chi connectivity index (χ1) is 9.88. The molecule has 1 aromatic rings. The smallest absolute Gasteiger partial charge is 0.231 e. The maximum Gasteiger partial charge on any atom is 0.231 e. The second-order valence-corrected chi connectivity index (χ2v) is 6.38. The Morgan fingerprint density at radius 2 is 1.80 bits per heavy atom. The van der Waals surface area contributed by atoms with Crippen molar-refractivity contribution in [1.82, 2.24) is 15.5 Å². The summed E-state index contributed by atoms with van der Waals surface area (Å²) in [6.07, 6.45) is 11.5. The number of aromatic nitrogens is 2. The lowest BCUT2D eigenvalue weighted by Crippen LogP contribution is -2.37. The number of hydrogen-bond acceptors (Lipinski definition) is 4. The van der Waals surface area contributed by atoms with Crippen LogP contribution in [0.2, 0.25) is 0 Å². The first kappa shape index (κ1) is 14.1. The zero-order chi connectivity index (χ0) is 13.8. The zero-order valence-corrected chi connectivity index (χ0v) is 12.6. The highest BCUT2D eigenvalue weighted by Crippen LogP contribution is 2.35. The standard InChI is InChI=1S/C16H27N3O/c1-2-17-14-11-7-6-10-13(14)16-18-15(19-20-16)12-8-4-3-5-9-12/h12-14,17H,2-11H2,1H3. The van der Waals surface area contributed by atoms with Crippen LogP contribution in [-0.4, -0.2) is 22.7 Å². The van der Waals surface area contributed by atoms with Gasteiger partial charge in [-0.2, -0.15) is 4.98 Å². The fourth-order valence-corrected chi connectivity index (χ4v) is 3.86. The van der Waals surface area contributed by atoms with Crippen molar-refractivity contribution in [2.45, 2.75) is 82.6 Å². The third kappa shape index (κ3) is 3.05. The predicted octanol–water partition coefficient (Wildman–Crippen LogP) is 3.75. The van der Waals surface area contributed by atoms with E-state index in [2.05, 4.69) is 17.4 Å². The van der Waals surface area contributed by atoms with Crippen LogP contribution in [0.4, 0.5) is 0 Å². The lowest BCUT2D eigenvalue weighted by atomic mass is 9.84. The molecule has 1 heterocycles. The highest BCUT2D eigenvalue weighted by atomic mass is 16.5. The van der Waals surface area contributed by atoms with E-state index < -0.39 is 0 Å². The lowest BCUT2D eigenvalue weighted by molar-refractivity contribution is 0.263. The molecule has 2 unspecified atom stereocenters. The fraction of sp³-hybridized carbons (Fsp3) is 0.875. The largest absolute Gasteiger partial charge is 0.339 e. The molecule has 3 rings (SSSR count). The van der Waals surface area contributed by atoms with E-state index in [9.17, 15) is 0 Å². The predicted molar refractivity (Wildman–Crippen MR) is 78.8 cm³/mol. The van der Waals surface area contributed by atoms with Gasteiger partial charge in [0.2, 0.25) is 5.89 Å². The summed E-state index contributed by atoms with van der Waals surface area (Å²) in [7, 11) is 0. The normalized spacial score (nSPS) is 28.6. The molecule has 2 aliphatic rings. The van der Waals surface area contributed by atoms with E-state index in [0.717, 1.165) is 18.3 Å². The molecule has 0 bridgehead atoms. The molecule has 0 amide bonds. The van der Waals surface area contributed by atoms with Crippen LogP contribution >= 0.6 is 0 Å². The Balaban J connectivity index is 1.70. The summed E-state index contributed by atoms with van der Waals surface area (Å²) < 4.78 is 5.63. The number of rotatable bonds is 4. The summed E-state index contributed by atoms with van der Waals surface area (Å²) in [5.41, 5.74) is 0. The third-order valence-electron chi connectivity index (χ3n) is 4.98. The van der Waals surface area contributed by atoms with Crippen molar-refractivity contribution in [1.29, 1.82) is 0 Å². The highest BCUT2D eigenvalue weighted by molar-refractivity contribution is 5.04. The molecule has 1 N–H and O–H groups in total. The van der Waals surface area contributed by atoms with Gasteiger partial charge in [-0.05, 0) is 32.2 Å². The molecule has 1 aromatic heterocycles. The molecule has 112 valence electrons. The zero-order valence-electron chi connectivity index (χ0n) is 12.6. The van der Waals surface area contributed by atoms with Gasteiger partial charge in [-0.1, -0.05) is 44.2 Å². The minimum atomic E-state index is 0.425. The van der Waals surface area contributed by atoms with Gasteiger partial charge in [0.05, 0.1) is 5.92 Å². The number of likely N-dealkylation sites (N-methyl/N-ethyl adjacent to an activating group) is 1. The minimum Gasteiger partial charge on any atom is -0.339 e. The number of nitrogens with zero attached hydrogens (tertiary/aromatic N) is 2. The molecule has 0 spiro atoms. The Morgan fingerprint density at radius 3 is 2.60 bits per heavy atom. The number of nitrogens with one attached hydrogen (secondary N) is 1. The van der Waals surface area contributed by atoms with E-state index >= 15 is 0 Å². The average Bonchev–Trinajstić information content (AvgIpc) is 2.99. The van der Waals surface area contributed by atoms with E-state index in [-0.39, 0.29) is 0 Å². The average molecular weight is 277 g/mol. The molecule has 0 aliphatic heterocycles. The van der Waals surface area contributed by atoms with Gasteiger partial charge in [0, 0.05) is 12.0 Å². The molecule has 2 aliphatic carbocycles. The second-order valence-electron chi connectivity index (χ2n) is 6.38. The molecule has 4 nitrogen and oxygen atoms in total. The lowest BCUT2D eigenvalue weighted by Gasteiger charge is -2.29. The maximum absolute atomic E-state index is 5.63. The molecule has 0 radical (unpaired) electrons. The van der Waals surface area contributed by atoms with Crippen LogP contribution in [0.3, 0.4) is 0 Å². The van der Waals surface area contributed by atoms with Gasteiger partial charge in [0.25, 0.3) is 0 Å². The van der Waals surface area contributed by atoms with Crippen LogP contribution in [0.15, 0.2) is 4.52 Å². The van der Waals surface area contributed by atoms with Crippen LogP contribution < -0.4 is 5.32 Å². The molecule has 2 fully saturated rings. The summed E-state index contributed by atoms with van der Waals surface area (Å²) in [5, 5.41) is 7.89. The van der Waals surface area contributed by atoms with E-state index in [1.54, 1.807) is 0 Å². The summed E-state index contributed by atoms with van der Waals surface area (Å²) in [6.45, 7) is 3.19. The van der Waals surface area contributed by atoms with E-state index in [4.69, 9.17) is 9.51 Å². The van der Waals surface area contributed by atoms with E-state index in [1.807, 2.05) is 0 Å². The monoisotopic (exact) mass is 277 g/mol. The van der Waals surface area contributed by atoms with Gasteiger partial charge in [-0.25, -0.2) is 0 Å². The van der Waals surface area contributed by atoms with Gasteiger partial charge < -0.3 is 9.84 Å². The molecule has 20 heavy (non-hydrogen) atoms. The minimum absolute atomic E-state index is 0.425. The first-order valence-electron chi connectivity index (χ1n) is 8.45. The maximum atomic E-state index is 5.63. The van der Waals surface area contributed by atoms with Gasteiger partial charge in [-0.15, -0.1) is 0 Å². The van der Waals surface area contributed by atoms with Gasteiger partial charge >= 0.3 is 0 Å². The summed E-state index contributed by atoms with van der Waals surface area (Å²) in [6, 6.07) is 0.522. The van der Waals surface area contributed by atoms with Gasteiger partial charge in [-0.3, -0.25) is 0 Å². The highest BCUT2D eigenvalue weighted by Gasteiger charge is 2.31. The third-order valence-corrected chi connectivity index (χ3v) is 4.98. The van der Waals surface area contributed by atoms with Gasteiger partial charge in [0.15, 0.2) is 5.82 Å². The number of hydrogen-bond donors (Lipinski definition) is 1. The van der Waals surface area contributed by atoms with Crippen molar-refractivity contribution in [3.05, 3.63) is 11.7 Å². The van der Waals surface area contributed by atoms with Crippen molar-refractivity contribution in [2.75, 3.05) is 6.54 Å². The summed E-state index contributed by atoms with van der Waals surface area (Å²) >= 11 is 0. The second kappa shape index (κ2) is 6.70. The Morgan fingerprint density at radius 1 is 1.05 bits per heavy atom. The molecule has 2 atom stereocenters. The van der Waals surface area contributed by atoms with Crippen LogP contribution in [0.1, 0.15) is 88.3 Å². The van der Waals surface area contributed by atoms with Crippen molar-refractivity contribution < 1.29 is 4.52 Å². The molecular weight excluding hydrogens is 250 g/mol. The van der Waals surface area contributed by atoms with Crippen molar-refractivity contribution in [3.8, 4) is 0 Å². The summed E-state index contributed by atoms with van der Waals surface area (Å²) in [4.78, 5) is 4.77. The Bertz CT molecular complexity index is 410. The van der Waals surface area contributed by atoms with Gasteiger partial charge in [0.1, 0.15) is 0 Å². The Hall–Kier alpha value is -0.900. The van der Waals surface area contributed by atoms with Crippen molar-refractivity contribution in [3.63, 3.8) is 0 Å². The van der Waals surface area contributed by atoms with Crippen LogP contribution in [0.5, 0.6) is 0 Å². The molecule has 4 heteroatoms. The quantitative estimate of drug-likeness (QED) is 0.910. The van der Waals surface area contributed by atoms with E-state index in [1.165, 1.54) is 57.8 Å². The van der Waals surface area contributed by atoms with Crippen molar-refractivity contribution in [2.24, 2.45) is 0 Å². The first-order valence-corrected chi connectivity index (χ1v) is 8.45. The van der Waals surface area contributed by atoms with Crippen molar-refractivity contribution >= 4 is 0 Å². The molecule has 2 saturated carbocycles. The van der Waals surface area contributed by atoms with Crippen LogP contribution in [0, 0.1) is 0 Å². The molecular formula is C16H27N3O. The van der Waals surface area contributed by atoms with E-state index in [0.29, 0.717) is 17.9 Å². The topological polar surface area (TPSA) is 51.0 Å². The fourth-order valence-electron chi connectivity index (χ4n) is 3.86. The Kier molecular flexibility index (Phi) is 4.71. The summed E-state index contributed by atoms with van der Waals surface area (Å²) in [5.74, 6) is 2.83. The SMILES string of the molecule is CCNC1CCCCC1c1nc(C2CCCCC2)no1. The molecule has 0 saturated heterocycles. The van der Waals surface area contributed by atoms with Crippen LogP contribution in [0.25, 0.3) is 0 Å². The molecule has 0 aromatic carbocycles. The Labute approximate surface area is 121 Å².